The van der Waals surface area contributed by atoms with E-state index in [1.54, 1.807) is 34.8 Å². The van der Waals surface area contributed by atoms with Crippen LogP contribution in [0.4, 0.5) is 0 Å². The van der Waals surface area contributed by atoms with Crippen LogP contribution in [0, 0.1) is 0 Å². The van der Waals surface area contributed by atoms with Gasteiger partial charge in [0.15, 0.2) is 0 Å². The highest BCUT2D eigenvalue weighted by molar-refractivity contribution is 5.76. The van der Waals surface area contributed by atoms with E-state index in [0.717, 1.165) is 18.7 Å². The lowest BCUT2D eigenvalue weighted by Crippen LogP contribution is -2.42. The molecule has 0 bridgehead atoms. The van der Waals surface area contributed by atoms with Crippen LogP contribution in [0.2, 0.25) is 0 Å². The lowest BCUT2D eigenvalue weighted by molar-refractivity contribution is -0.133. The molecule has 3 rings (SSSR count). The second-order valence-corrected chi connectivity index (χ2v) is 7.07. The van der Waals surface area contributed by atoms with Crippen molar-refractivity contribution < 1.29 is 4.79 Å². The van der Waals surface area contributed by atoms with Gasteiger partial charge in [0.1, 0.15) is 12.4 Å². The predicted octanol–water partition coefficient (Wildman–Crippen LogP) is 0.731. The first-order chi connectivity index (χ1) is 12.4. The summed E-state index contributed by atoms with van der Waals surface area (Å²) < 4.78 is 4.48. The van der Waals surface area contributed by atoms with Crippen molar-refractivity contribution in [2.45, 2.75) is 45.2 Å². The van der Waals surface area contributed by atoms with E-state index < -0.39 is 0 Å². The van der Waals surface area contributed by atoms with E-state index in [4.69, 9.17) is 0 Å². The van der Waals surface area contributed by atoms with Gasteiger partial charge in [-0.3, -0.25) is 14.2 Å². The smallest absolute Gasteiger partial charge is 0.340 e. The maximum atomic E-state index is 12.7. The van der Waals surface area contributed by atoms with Crippen molar-refractivity contribution in [3.05, 3.63) is 51.1 Å². The van der Waals surface area contributed by atoms with Gasteiger partial charge in [-0.1, -0.05) is 6.07 Å². The zero-order chi connectivity index (χ0) is 18.8. The molecular formula is C18H25N5O3. The summed E-state index contributed by atoms with van der Waals surface area (Å²) in [6.45, 7) is 5.13. The second kappa shape index (κ2) is 7.31. The van der Waals surface area contributed by atoms with Crippen molar-refractivity contribution in [2.75, 3.05) is 13.1 Å². The molecule has 8 heteroatoms. The fourth-order valence-electron chi connectivity index (χ4n) is 3.51. The second-order valence-electron chi connectivity index (χ2n) is 7.07. The summed E-state index contributed by atoms with van der Waals surface area (Å²) in [6, 6.07) is 4.86. The molecule has 0 saturated carbocycles. The van der Waals surface area contributed by atoms with Crippen LogP contribution in [0.25, 0.3) is 0 Å². The topological polar surface area (TPSA) is 82.1 Å². The molecule has 0 N–H and O–H groups in total. The summed E-state index contributed by atoms with van der Waals surface area (Å²) >= 11 is 0. The zero-order valence-corrected chi connectivity index (χ0v) is 15.5. The van der Waals surface area contributed by atoms with Gasteiger partial charge in [0, 0.05) is 44.4 Å². The maximum Gasteiger partial charge on any atom is 0.345 e. The van der Waals surface area contributed by atoms with Crippen LogP contribution in [0.15, 0.2) is 34.0 Å². The van der Waals surface area contributed by atoms with Gasteiger partial charge < -0.3 is 9.47 Å². The SMILES string of the molecule is CC(C)n1c(C2CCCN(C(=O)Cn3ccccc3=O)C2)nn(C)c1=O. The van der Waals surface area contributed by atoms with Crippen LogP contribution in [0.5, 0.6) is 0 Å². The van der Waals surface area contributed by atoms with E-state index >= 15 is 0 Å². The van der Waals surface area contributed by atoms with Crippen LogP contribution >= 0.6 is 0 Å². The van der Waals surface area contributed by atoms with Gasteiger partial charge in [0.2, 0.25) is 5.91 Å². The van der Waals surface area contributed by atoms with Gasteiger partial charge in [-0.2, -0.15) is 5.10 Å². The lowest BCUT2D eigenvalue weighted by Gasteiger charge is -2.32. The first kappa shape index (κ1) is 18.2. The van der Waals surface area contributed by atoms with Crippen molar-refractivity contribution >= 4 is 5.91 Å². The van der Waals surface area contributed by atoms with Gasteiger partial charge in [-0.15, -0.1) is 0 Å². The van der Waals surface area contributed by atoms with Crippen LogP contribution < -0.4 is 11.2 Å². The van der Waals surface area contributed by atoms with Crippen molar-refractivity contribution in [3.8, 4) is 0 Å². The number of pyridine rings is 1. The van der Waals surface area contributed by atoms with Gasteiger partial charge in [0.05, 0.1) is 0 Å². The third kappa shape index (κ3) is 3.49. The minimum Gasteiger partial charge on any atom is -0.340 e. The van der Waals surface area contributed by atoms with Crippen LogP contribution in [-0.4, -0.2) is 42.8 Å². The largest absolute Gasteiger partial charge is 0.345 e. The molecule has 26 heavy (non-hydrogen) atoms. The highest BCUT2D eigenvalue weighted by Gasteiger charge is 2.29. The Bertz CT molecular complexity index is 908. The molecule has 0 radical (unpaired) electrons. The van der Waals surface area contributed by atoms with Crippen LogP contribution in [-0.2, 0) is 18.4 Å². The molecule has 1 saturated heterocycles. The number of aryl methyl sites for hydroxylation is 1. The summed E-state index contributed by atoms with van der Waals surface area (Å²) in [5.41, 5.74) is -0.318. The van der Waals surface area contributed by atoms with E-state index in [9.17, 15) is 14.4 Å². The Hall–Kier alpha value is -2.64. The number of rotatable bonds is 4. The molecule has 0 aliphatic carbocycles. The molecular weight excluding hydrogens is 334 g/mol. The monoisotopic (exact) mass is 359 g/mol. The van der Waals surface area contributed by atoms with E-state index in [-0.39, 0.29) is 35.7 Å². The molecule has 140 valence electrons. The van der Waals surface area contributed by atoms with Gasteiger partial charge in [0.25, 0.3) is 5.56 Å². The van der Waals surface area contributed by atoms with Crippen molar-refractivity contribution in [1.82, 2.24) is 23.8 Å². The average Bonchev–Trinajstić information content (AvgIpc) is 2.92. The standard InChI is InChI=1S/C18H25N5O3/c1-13(2)23-17(19-20(3)18(23)26)14-7-6-10-21(11-14)16(25)12-22-9-5-4-8-15(22)24/h4-5,8-9,13-14H,6-7,10-12H2,1-3H3. The van der Waals surface area contributed by atoms with E-state index in [2.05, 4.69) is 5.10 Å². The lowest BCUT2D eigenvalue weighted by atomic mass is 9.96. The number of aromatic nitrogens is 4. The number of carbonyl (C=O) groups excluding carboxylic acids is 1. The number of carbonyl (C=O) groups is 1. The predicted molar refractivity (Wildman–Crippen MR) is 97.1 cm³/mol. The fraction of sp³-hybridized carbons (Fsp3) is 0.556. The number of likely N-dealkylation sites (tertiary alicyclic amines) is 1. The Morgan fingerprint density at radius 2 is 2.08 bits per heavy atom. The van der Waals surface area contributed by atoms with Crippen molar-refractivity contribution in [1.29, 1.82) is 0 Å². The molecule has 1 unspecified atom stereocenters. The number of amides is 1. The third-order valence-electron chi connectivity index (χ3n) is 4.84. The minimum absolute atomic E-state index is 0.0140. The average molecular weight is 359 g/mol. The van der Waals surface area contributed by atoms with Gasteiger partial charge >= 0.3 is 5.69 Å². The minimum atomic E-state index is -0.187. The third-order valence-corrected chi connectivity index (χ3v) is 4.84. The molecule has 3 heterocycles. The van der Waals surface area contributed by atoms with E-state index in [0.29, 0.717) is 13.1 Å². The zero-order valence-electron chi connectivity index (χ0n) is 15.5. The van der Waals surface area contributed by atoms with Gasteiger partial charge in [-0.25, -0.2) is 9.48 Å². The maximum absolute atomic E-state index is 12.7. The number of hydrogen-bond acceptors (Lipinski definition) is 4. The molecule has 1 amide bonds. The molecule has 0 aromatic carbocycles. The number of nitrogens with zero attached hydrogens (tertiary/aromatic N) is 5. The van der Waals surface area contributed by atoms with E-state index in [1.165, 1.54) is 15.3 Å². The van der Waals surface area contributed by atoms with E-state index in [1.807, 2.05) is 13.8 Å². The number of piperidine rings is 1. The van der Waals surface area contributed by atoms with Crippen molar-refractivity contribution in [2.24, 2.45) is 7.05 Å². The Morgan fingerprint density at radius 3 is 2.77 bits per heavy atom. The summed E-state index contributed by atoms with van der Waals surface area (Å²) in [7, 11) is 1.65. The molecule has 2 aromatic heterocycles. The fourth-order valence-corrected chi connectivity index (χ4v) is 3.51. The van der Waals surface area contributed by atoms with Gasteiger partial charge in [-0.05, 0) is 32.8 Å². The Labute approximate surface area is 151 Å². The molecule has 8 nitrogen and oxygen atoms in total. The normalized spacial score (nSPS) is 17.7. The Kier molecular flexibility index (Phi) is 5.11. The summed E-state index contributed by atoms with van der Waals surface area (Å²) in [4.78, 5) is 38.6. The molecule has 1 fully saturated rings. The molecule has 1 aliphatic heterocycles. The van der Waals surface area contributed by atoms with Crippen molar-refractivity contribution in [3.63, 3.8) is 0 Å². The quantitative estimate of drug-likeness (QED) is 0.806. The molecule has 1 atom stereocenters. The highest BCUT2D eigenvalue weighted by Crippen LogP contribution is 2.26. The molecule has 0 spiro atoms. The summed E-state index contributed by atoms with van der Waals surface area (Å²) in [5.74, 6) is 0.677. The summed E-state index contributed by atoms with van der Waals surface area (Å²) in [5, 5.41) is 4.42. The Morgan fingerprint density at radius 1 is 1.31 bits per heavy atom. The Balaban J connectivity index is 1.79. The summed E-state index contributed by atoms with van der Waals surface area (Å²) in [6.07, 6.45) is 3.36. The first-order valence-electron chi connectivity index (χ1n) is 8.97. The number of hydrogen-bond donors (Lipinski definition) is 0. The van der Waals surface area contributed by atoms with Crippen LogP contribution in [0.3, 0.4) is 0 Å². The molecule has 2 aromatic rings. The first-order valence-corrected chi connectivity index (χ1v) is 8.97. The highest BCUT2D eigenvalue weighted by atomic mass is 16.2. The molecule has 1 aliphatic rings. The van der Waals surface area contributed by atoms with Crippen LogP contribution in [0.1, 0.15) is 44.5 Å².